The van der Waals surface area contributed by atoms with Gasteiger partial charge in [-0.3, -0.25) is 4.79 Å². The van der Waals surface area contributed by atoms with Gasteiger partial charge in [-0.25, -0.2) is 0 Å². The highest BCUT2D eigenvalue weighted by atomic mass is 35.5. The molecule has 1 saturated heterocycles. The van der Waals surface area contributed by atoms with E-state index in [2.05, 4.69) is 16.0 Å². The summed E-state index contributed by atoms with van der Waals surface area (Å²) < 4.78 is 0. The van der Waals surface area contributed by atoms with Gasteiger partial charge in [-0.05, 0) is 29.8 Å². The largest absolute Gasteiger partial charge is 0.368 e. The minimum atomic E-state index is 0.195. The monoisotopic (exact) mass is 303 g/mol. The number of benzene rings is 1. The van der Waals surface area contributed by atoms with E-state index in [9.17, 15) is 4.79 Å². The van der Waals surface area contributed by atoms with Crippen LogP contribution in [-0.2, 0) is 11.2 Å². The Morgan fingerprint density at radius 3 is 2.67 bits per heavy atom. The molecule has 21 heavy (non-hydrogen) atoms. The topological polar surface area (TPSA) is 39.3 Å². The molecule has 1 aromatic heterocycles. The second kappa shape index (κ2) is 6.22. The van der Waals surface area contributed by atoms with Crippen LogP contribution in [0.1, 0.15) is 5.56 Å². The van der Waals surface area contributed by atoms with E-state index in [4.69, 9.17) is 11.6 Å². The zero-order valence-corrected chi connectivity index (χ0v) is 12.5. The lowest BCUT2D eigenvalue weighted by Crippen LogP contribution is -2.49. The molecule has 1 amide bonds. The zero-order chi connectivity index (χ0) is 14.7. The van der Waals surface area contributed by atoms with Crippen LogP contribution in [0.4, 0.5) is 5.69 Å². The van der Waals surface area contributed by atoms with Gasteiger partial charge in [0.2, 0.25) is 5.91 Å². The van der Waals surface area contributed by atoms with Crippen LogP contribution < -0.4 is 4.90 Å². The smallest absolute Gasteiger partial charge is 0.227 e. The van der Waals surface area contributed by atoms with Gasteiger partial charge < -0.3 is 14.8 Å². The third-order valence-corrected chi connectivity index (χ3v) is 4.06. The highest BCUT2D eigenvalue weighted by molar-refractivity contribution is 6.30. The van der Waals surface area contributed by atoms with E-state index in [1.165, 1.54) is 0 Å². The van der Waals surface area contributed by atoms with Crippen LogP contribution in [0.2, 0.25) is 5.02 Å². The fourth-order valence-corrected chi connectivity index (χ4v) is 2.83. The number of anilines is 1. The van der Waals surface area contributed by atoms with E-state index in [1.54, 1.807) is 0 Å². The number of rotatable bonds is 3. The molecule has 0 spiro atoms. The molecule has 0 bridgehead atoms. The molecular weight excluding hydrogens is 286 g/mol. The number of halogens is 1. The van der Waals surface area contributed by atoms with Crippen LogP contribution in [0, 0.1) is 0 Å². The summed E-state index contributed by atoms with van der Waals surface area (Å²) in [6, 6.07) is 9.81. The predicted octanol–water partition coefficient (Wildman–Crippen LogP) is 2.56. The standard InChI is InChI=1S/C16H18ClN3O/c17-14-2-1-3-15(11-14)19-6-8-20(9-7-19)16(21)10-13-4-5-18-12-13/h1-5,11-12,18H,6-10H2. The number of nitrogens with one attached hydrogen (secondary N) is 1. The third kappa shape index (κ3) is 3.39. The minimum Gasteiger partial charge on any atom is -0.368 e. The van der Waals surface area contributed by atoms with Crippen LogP contribution in [0.3, 0.4) is 0 Å². The van der Waals surface area contributed by atoms with Crippen molar-refractivity contribution in [3.63, 3.8) is 0 Å². The maximum Gasteiger partial charge on any atom is 0.227 e. The van der Waals surface area contributed by atoms with Crippen LogP contribution >= 0.6 is 11.6 Å². The first-order chi connectivity index (χ1) is 10.2. The Labute approximate surface area is 129 Å². The highest BCUT2D eigenvalue weighted by Crippen LogP contribution is 2.21. The lowest BCUT2D eigenvalue weighted by molar-refractivity contribution is -0.130. The quantitative estimate of drug-likeness (QED) is 0.946. The molecule has 1 fully saturated rings. The van der Waals surface area contributed by atoms with Gasteiger partial charge >= 0.3 is 0 Å². The highest BCUT2D eigenvalue weighted by Gasteiger charge is 2.21. The molecule has 0 unspecified atom stereocenters. The molecule has 1 aromatic carbocycles. The summed E-state index contributed by atoms with van der Waals surface area (Å²) in [4.78, 5) is 19.4. The van der Waals surface area contributed by atoms with Crippen molar-refractivity contribution in [2.75, 3.05) is 31.1 Å². The molecule has 4 nitrogen and oxygen atoms in total. The van der Waals surface area contributed by atoms with E-state index in [0.717, 1.165) is 42.5 Å². The predicted molar refractivity (Wildman–Crippen MR) is 84.7 cm³/mol. The zero-order valence-electron chi connectivity index (χ0n) is 11.8. The minimum absolute atomic E-state index is 0.195. The molecule has 1 aliphatic heterocycles. The van der Waals surface area contributed by atoms with Crippen molar-refractivity contribution in [3.8, 4) is 0 Å². The van der Waals surface area contributed by atoms with E-state index >= 15 is 0 Å². The number of aromatic nitrogens is 1. The first-order valence-corrected chi connectivity index (χ1v) is 7.50. The molecular formula is C16H18ClN3O. The molecule has 2 aromatic rings. The Kier molecular flexibility index (Phi) is 4.15. The molecule has 110 valence electrons. The molecule has 1 aliphatic rings. The molecule has 2 heterocycles. The molecule has 0 atom stereocenters. The van der Waals surface area contributed by atoms with Crippen molar-refractivity contribution in [3.05, 3.63) is 53.3 Å². The van der Waals surface area contributed by atoms with E-state index in [1.807, 2.05) is 41.6 Å². The molecule has 0 saturated carbocycles. The Hall–Kier alpha value is -1.94. The van der Waals surface area contributed by atoms with Crippen molar-refractivity contribution >= 4 is 23.2 Å². The molecule has 5 heteroatoms. The van der Waals surface area contributed by atoms with Crippen molar-refractivity contribution in [2.24, 2.45) is 0 Å². The number of carbonyl (C=O) groups is 1. The molecule has 3 rings (SSSR count). The van der Waals surface area contributed by atoms with Crippen molar-refractivity contribution in [1.29, 1.82) is 0 Å². The first kappa shape index (κ1) is 14.0. The summed E-state index contributed by atoms with van der Waals surface area (Å²) in [5.41, 5.74) is 2.16. The molecule has 1 N–H and O–H groups in total. The number of aromatic amines is 1. The average Bonchev–Trinajstić information content (AvgIpc) is 3.00. The summed E-state index contributed by atoms with van der Waals surface area (Å²) in [5.74, 6) is 0.195. The van der Waals surface area contributed by atoms with Crippen molar-refractivity contribution in [2.45, 2.75) is 6.42 Å². The number of piperazine rings is 1. The van der Waals surface area contributed by atoms with Gasteiger partial charge in [0.25, 0.3) is 0 Å². The lowest BCUT2D eigenvalue weighted by atomic mass is 10.2. The summed E-state index contributed by atoms with van der Waals surface area (Å²) in [5, 5.41) is 0.749. The van der Waals surface area contributed by atoms with Crippen LogP contribution in [0.25, 0.3) is 0 Å². The van der Waals surface area contributed by atoms with Crippen LogP contribution in [0.15, 0.2) is 42.7 Å². The number of amides is 1. The van der Waals surface area contributed by atoms with Crippen LogP contribution in [-0.4, -0.2) is 42.0 Å². The number of H-pyrrole nitrogens is 1. The second-order valence-electron chi connectivity index (χ2n) is 5.24. The summed E-state index contributed by atoms with van der Waals surface area (Å²) >= 11 is 6.03. The fourth-order valence-electron chi connectivity index (χ4n) is 2.64. The normalized spacial score (nSPS) is 15.3. The second-order valence-corrected chi connectivity index (χ2v) is 5.68. The Morgan fingerprint density at radius 2 is 2.00 bits per heavy atom. The number of hydrogen-bond acceptors (Lipinski definition) is 2. The maximum atomic E-state index is 12.2. The number of nitrogens with zero attached hydrogens (tertiary/aromatic N) is 2. The number of carbonyl (C=O) groups excluding carboxylic acids is 1. The summed E-state index contributed by atoms with van der Waals surface area (Å²) in [6.45, 7) is 3.21. The van der Waals surface area contributed by atoms with Crippen molar-refractivity contribution in [1.82, 2.24) is 9.88 Å². The van der Waals surface area contributed by atoms with Gasteiger partial charge in [-0.1, -0.05) is 17.7 Å². The van der Waals surface area contributed by atoms with Gasteiger partial charge in [-0.2, -0.15) is 0 Å². The number of hydrogen-bond donors (Lipinski definition) is 1. The maximum absolute atomic E-state index is 12.2. The average molecular weight is 304 g/mol. The first-order valence-electron chi connectivity index (χ1n) is 7.12. The van der Waals surface area contributed by atoms with E-state index in [-0.39, 0.29) is 5.91 Å². The van der Waals surface area contributed by atoms with Crippen molar-refractivity contribution < 1.29 is 4.79 Å². The van der Waals surface area contributed by atoms with Crippen LogP contribution in [0.5, 0.6) is 0 Å². The Morgan fingerprint density at radius 1 is 1.19 bits per heavy atom. The van der Waals surface area contributed by atoms with Gasteiger partial charge in [0.05, 0.1) is 6.42 Å². The van der Waals surface area contributed by atoms with E-state index < -0.39 is 0 Å². The van der Waals surface area contributed by atoms with Gasteiger partial charge in [0.1, 0.15) is 0 Å². The van der Waals surface area contributed by atoms with Gasteiger partial charge in [0, 0.05) is 49.3 Å². The Balaban J connectivity index is 1.56. The van der Waals surface area contributed by atoms with Gasteiger partial charge in [0.15, 0.2) is 0 Å². The summed E-state index contributed by atoms with van der Waals surface area (Å²) in [7, 11) is 0. The SMILES string of the molecule is O=C(Cc1cc[nH]c1)N1CCN(c2cccc(Cl)c2)CC1. The Bertz CT molecular complexity index is 604. The summed E-state index contributed by atoms with van der Waals surface area (Å²) in [6.07, 6.45) is 4.19. The fraction of sp³-hybridized carbons (Fsp3) is 0.312. The molecule has 0 radical (unpaired) electrons. The third-order valence-electron chi connectivity index (χ3n) is 3.82. The lowest BCUT2D eigenvalue weighted by Gasteiger charge is -2.36. The molecule has 0 aliphatic carbocycles. The van der Waals surface area contributed by atoms with E-state index in [0.29, 0.717) is 6.42 Å². The van der Waals surface area contributed by atoms with Gasteiger partial charge in [-0.15, -0.1) is 0 Å².